The van der Waals surface area contributed by atoms with E-state index in [2.05, 4.69) is 36.1 Å². The maximum absolute atomic E-state index is 11.4. The van der Waals surface area contributed by atoms with E-state index >= 15 is 0 Å². The molecule has 0 saturated heterocycles. The van der Waals surface area contributed by atoms with Crippen LogP contribution in [-0.4, -0.2) is 12.9 Å². The Kier molecular flexibility index (Phi) is 6.64. The lowest BCUT2D eigenvalue weighted by Crippen LogP contribution is -2.10. The maximum Gasteiger partial charge on any atom is 0.153 e. The third kappa shape index (κ3) is 4.76. The Labute approximate surface area is 161 Å². The highest BCUT2D eigenvalue weighted by atomic mass is 16.5. The first-order valence-corrected chi connectivity index (χ1v) is 9.45. The van der Waals surface area contributed by atoms with Crippen molar-refractivity contribution in [3.8, 4) is 5.75 Å². The molecule has 3 aromatic rings. The van der Waals surface area contributed by atoms with Crippen LogP contribution >= 0.6 is 0 Å². The van der Waals surface area contributed by atoms with Gasteiger partial charge in [-0.15, -0.1) is 0 Å². The number of hydrogen-bond donors (Lipinski definition) is 0. The van der Waals surface area contributed by atoms with Crippen molar-refractivity contribution in [2.75, 3.05) is 11.5 Å². The van der Waals surface area contributed by atoms with E-state index in [9.17, 15) is 4.79 Å². The van der Waals surface area contributed by atoms with Crippen molar-refractivity contribution in [3.63, 3.8) is 0 Å². The third-order valence-electron chi connectivity index (χ3n) is 4.42. The Hall–Kier alpha value is -3.07. The number of benzene rings is 3. The normalized spacial score (nSPS) is 10.4. The fraction of sp³-hybridized carbons (Fsp3) is 0.208. The van der Waals surface area contributed by atoms with E-state index in [-0.39, 0.29) is 0 Å². The van der Waals surface area contributed by atoms with Crippen molar-refractivity contribution in [3.05, 3.63) is 84.4 Å². The predicted molar refractivity (Wildman–Crippen MR) is 112 cm³/mol. The van der Waals surface area contributed by atoms with Gasteiger partial charge in [0.05, 0.1) is 12.2 Å². The van der Waals surface area contributed by atoms with E-state index in [1.807, 2.05) is 54.6 Å². The minimum atomic E-state index is 0.580. The Morgan fingerprint density at radius 2 is 1.44 bits per heavy atom. The first-order valence-electron chi connectivity index (χ1n) is 9.45. The number of aldehydes is 1. The van der Waals surface area contributed by atoms with E-state index in [1.54, 1.807) is 0 Å². The van der Waals surface area contributed by atoms with E-state index in [0.717, 1.165) is 42.6 Å². The Bertz CT molecular complexity index is 807. The van der Waals surface area contributed by atoms with Gasteiger partial charge in [-0.25, -0.2) is 0 Å². The average molecular weight is 359 g/mol. The molecule has 27 heavy (non-hydrogen) atoms. The summed E-state index contributed by atoms with van der Waals surface area (Å²) >= 11 is 0. The van der Waals surface area contributed by atoms with Crippen LogP contribution in [0.2, 0.25) is 0 Å². The molecule has 0 spiro atoms. The molecule has 0 aromatic heterocycles. The molecule has 0 N–H and O–H groups in total. The molecule has 0 unspecified atom stereocenters. The van der Waals surface area contributed by atoms with Gasteiger partial charge in [0, 0.05) is 23.1 Å². The first kappa shape index (κ1) is 18.7. The van der Waals surface area contributed by atoms with Crippen LogP contribution in [0.3, 0.4) is 0 Å². The van der Waals surface area contributed by atoms with Crippen LogP contribution in [0.5, 0.6) is 5.75 Å². The van der Waals surface area contributed by atoms with E-state index < -0.39 is 0 Å². The lowest BCUT2D eigenvalue weighted by molar-refractivity contribution is 0.111. The van der Waals surface area contributed by atoms with Gasteiger partial charge in [-0.05, 0) is 42.8 Å². The number of rotatable bonds is 9. The van der Waals surface area contributed by atoms with E-state index in [1.165, 1.54) is 0 Å². The number of unbranched alkanes of at least 4 members (excludes halogenated alkanes) is 2. The number of ether oxygens (including phenoxy) is 1. The number of nitrogens with zero attached hydrogens (tertiary/aromatic N) is 1. The fourth-order valence-corrected chi connectivity index (χ4v) is 3.02. The minimum absolute atomic E-state index is 0.580. The summed E-state index contributed by atoms with van der Waals surface area (Å²) in [5.41, 5.74) is 3.65. The largest absolute Gasteiger partial charge is 0.493 e. The molecule has 0 fully saturated rings. The lowest BCUT2D eigenvalue weighted by atomic mass is 10.1. The van der Waals surface area contributed by atoms with E-state index in [4.69, 9.17) is 4.74 Å². The summed E-state index contributed by atoms with van der Waals surface area (Å²) in [5, 5.41) is 0. The summed E-state index contributed by atoms with van der Waals surface area (Å²) < 4.78 is 5.93. The molecule has 3 nitrogen and oxygen atoms in total. The molecule has 0 atom stereocenters. The van der Waals surface area contributed by atoms with Crippen LogP contribution in [0, 0.1) is 0 Å². The van der Waals surface area contributed by atoms with Crippen molar-refractivity contribution in [2.24, 2.45) is 0 Å². The second kappa shape index (κ2) is 9.58. The average Bonchev–Trinajstić information content (AvgIpc) is 2.73. The monoisotopic (exact) mass is 359 g/mol. The van der Waals surface area contributed by atoms with Crippen molar-refractivity contribution >= 4 is 23.3 Å². The predicted octanol–water partition coefficient (Wildman–Crippen LogP) is 6.54. The topological polar surface area (TPSA) is 29.5 Å². The molecular weight excluding hydrogens is 334 g/mol. The molecule has 0 radical (unpaired) electrons. The van der Waals surface area contributed by atoms with Gasteiger partial charge in [-0.2, -0.15) is 0 Å². The van der Waals surface area contributed by atoms with Crippen LogP contribution in [0.1, 0.15) is 36.5 Å². The van der Waals surface area contributed by atoms with Crippen molar-refractivity contribution in [1.82, 2.24) is 0 Å². The van der Waals surface area contributed by atoms with Crippen LogP contribution < -0.4 is 9.64 Å². The third-order valence-corrected chi connectivity index (χ3v) is 4.42. The molecule has 0 aliphatic rings. The van der Waals surface area contributed by atoms with E-state index in [0.29, 0.717) is 17.9 Å². The summed E-state index contributed by atoms with van der Waals surface area (Å²) in [7, 11) is 0. The van der Waals surface area contributed by atoms with Gasteiger partial charge < -0.3 is 9.64 Å². The summed E-state index contributed by atoms with van der Waals surface area (Å²) in [4.78, 5) is 13.6. The van der Waals surface area contributed by atoms with Crippen molar-refractivity contribution in [1.29, 1.82) is 0 Å². The maximum atomic E-state index is 11.4. The van der Waals surface area contributed by atoms with Gasteiger partial charge in [-0.3, -0.25) is 4.79 Å². The fourth-order valence-electron chi connectivity index (χ4n) is 3.02. The van der Waals surface area contributed by atoms with Crippen LogP contribution in [-0.2, 0) is 0 Å². The van der Waals surface area contributed by atoms with Crippen LogP contribution in [0.4, 0.5) is 17.1 Å². The van der Waals surface area contributed by atoms with Gasteiger partial charge in [0.25, 0.3) is 0 Å². The zero-order valence-corrected chi connectivity index (χ0v) is 15.7. The number of carbonyl (C=O) groups is 1. The Morgan fingerprint density at radius 3 is 2.00 bits per heavy atom. The second-order valence-electron chi connectivity index (χ2n) is 6.40. The second-order valence-corrected chi connectivity index (χ2v) is 6.40. The van der Waals surface area contributed by atoms with Gasteiger partial charge >= 0.3 is 0 Å². The van der Waals surface area contributed by atoms with Crippen molar-refractivity contribution < 1.29 is 9.53 Å². The number of para-hydroxylation sites is 2. The minimum Gasteiger partial charge on any atom is -0.493 e. The molecule has 138 valence electrons. The first-order chi connectivity index (χ1) is 13.3. The van der Waals surface area contributed by atoms with Gasteiger partial charge in [-0.1, -0.05) is 56.2 Å². The molecule has 0 bridgehead atoms. The highest BCUT2D eigenvalue weighted by Crippen LogP contribution is 2.36. The molecular formula is C24H25NO2. The number of anilines is 3. The zero-order valence-electron chi connectivity index (χ0n) is 15.7. The molecule has 0 saturated carbocycles. The number of carbonyl (C=O) groups excluding carboxylic acids is 1. The zero-order chi connectivity index (χ0) is 18.9. The summed E-state index contributed by atoms with van der Waals surface area (Å²) in [6, 6.07) is 26.1. The number of hydrogen-bond acceptors (Lipinski definition) is 3. The SMILES string of the molecule is CCCCCOc1cc(N(c2ccccc2)c2ccccc2)ccc1C=O. The summed E-state index contributed by atoms with van der Waals surface area (Å²) in [5.74, 6) is 0.635. The molecule has 0 amide bonds. The van der Waals surface area contributed by atoms with Crippen LogP contribution in [0.25, 0.3) is 0 Å². The lowest BCUT2D eigenvalue weighted by Gasteiger charge is -2.26. The van der Waals surface area contributed by atoms with Crippen molar-refractivity contribution in [2.45, 2.75) is 26.2 Å². The quantitative estimate of drug-likeness (QED) is 0.321. The molecule has 0 aliphatic carbocycles. The summed E-state index contributed by atoms with van der Waals surface area (Å²) in [6.07, 6.45) is 4.10. The van der Waals surface area contributed by atoms with Crippen LogP contribution in [0.15, 0.2) is 78.9 Å². The standard InChI is InChI=1S/C24H25NO2/c1-2-3-10-17-27-24-18-23(16-15-20(24)19-26)25(21-11-6-4-7-12-21)22-13-8-5-9-14-22/h4-9,11-16,18-19H,2-3,10,17H2,1H3. The smallest absolute Gasteiger partial charge is 0.153 e. The molecule has 3 heteroatoms. The Balaban J connectivity index is 1.98. The molecule has 3 aromatic carbocycles. The highest BCUT2D eigenvalue weighted by Gasteiger charge is 2.14. The Morgan fingerprint density at radius 1 is 0.815 bits per heavy atom. The van der Waals surface area contributed by atoms with Gasteiger partial charge in [0.15, 0.2) is 6.29 Å². The molecule has 3 rings (SSSR count). The molecule has 0 aliphatic heterocycles. The highest BCUT2D eigenvalue weighted by molar-refractivity contribution is 5.84. The molecule has 0 heterocycles. The van der Waals surface area contributed by atoms with Gasteiger partial charge in [0.1, 0.15) is 5.75 Å². The van der Waals surface area contributed by atoms with Gasteiger partial charge in [0.2, 0.25) is 0 Å². The summed E-state index contributed by atoms with van der Waals surface area (Å²) in [6.45, 7) is 2.78.